The molecule has 4 rings (SSSR count). The minimum Gasteiger partial charge on any atom is -0.452 e. The van der Waals surface area contributed by atoms with E-state index in [1.807, 2.05) is 51.2 Å². The topological polar surface area (TPSA) is 77.2 Å². The highest BCUT2D eigenvalue weighted by molar-refractivity contribution is 5.80. The molecule has 1 unspecified atom stereocenters. The van der Waals surface area contributed by atoms with Crippen molar-refractivity contribution in [1.29, 1.82) is 0 Å². The number of rotatable bonds is 5. The molecule has 0 aliphatic heterocycles. The van der Waals surface area contributed by atoms with Crippen LogP contribution in [0, 0.1) is 19.8 Å². The third-order valence-corrected chi connectivity index (χ3v) is 6.13. The molecule has 29 heavy (non-hydrogen) atoms. The van der Waals surface area contributed by atoms with E-state index in [1.165, 1.54) is 0 Å². The lowest BCUT2D eigenvalue weighted by molar-refractivity contribution is -0.152. The van der Waals surface area contributed by atoms with Crippen LogP contribution in [0.3, 0.4) is 0 Å². The molecule has 1 heterocycles. The van der Waals surface area contributed by atoms with Crippen LogP contribution in [0.5, 0.6) is 0 Å². The quantitative estimate of drug-likeness (QED) is 0.665. The summed E-state index contributed by atoms with van der Waals surface area (Å²) in [5.74, 6) is -0.168. The Bertz CT molecular complexity index is 1050. The van der Waals surface area contributed by atoms with Crippen molar-refractivity contribution >= 4 is 17.0 Å². The van der Waals surface area contributed by atoms with Crippen molar-refractivity contribution in [3.8, 4) is 0 Å². The van der Waals surface area contributed by atoms with Gasteiger partial charge in [-0.05, 0) is 61.1 Å². The van der Waals surface area contributed by atoms with E-state index in [-0.39, 0.29) is 18.5 Å². The van der Waals surface area contributed by atoms with Crippen LogP contribution >= 0.6 is 0 Å². The van der Waals surface area contributed by atoms with E-state index in [1.54, 1.807) is 4.68 Å². The first-order valence-electron chi connectivity index (χ1n) is 10.2. The van der Waals surface area contributed by atoms with Gasteiger partial charge in [-0.2, -0.15) is 0 Å². The zero-order chi connectivity index (χ0) is 20.5. The molecule has 0 radical (unpaired) electrons. The Morgan fingerprint density at radius 2 is 2.00 bits per heavy atom. The Hall–Kier alpha value is -2.73. The monoisotopic (exact) mass is 393 g/mol. The van der Waals surface area contributed by atoms with Crippen LogP contribution < -0.4 is 0 Å². The summed E-state index contributed by atoms with van der Waals surface area (Å²) >= 11 is 0. The van der Waals surface area contributed by atoms with Gasteiger partial charge in [-0.3, -0.25) is 4.79 Å². The number of aliphatic hydroxyl groups excluding tert-OH is 1. The van der Waals surface area contributed by atoms with E-state index >= 15 is 0 Å². The van der Waals surface area contributed by atoms with Crippen LogP contribution in [0.15, 0.2) is 30.3 Å². The Kier molecular flexibility index (Phi) is 5.37. The number of aliphatic hydroxyl groups is 1. The first kappa shape index (κ1) is 19.6. The molecule has 1 aliphatic rings. The van der Waals surface area contributed by atoms with Gasteiger partial charge in [0.1, 0.15) is 5.52 Å². The molecule has 2 aromatic carbocycles. The molecule has 0 saturated heterocycles. The van der Waals surface area contributed by atoms with Crippen molar-refractivity contribution in [2.45, 2.75) is 52.2 Å². The van der Waals surface area contributed by atoms with Crippen LogP contribution in [0.1, 0.15) is 59.6 Å². The summed E-state index contributed by atoms with van der Waals surface area (Å²) in [5.41, 5.74) is 6.30. The molecule has 1 atom stereocenters. The zero-order valence-electron chi connectivity index (χ0n) is 17.2. The Balaban J connectivity index is 1.79. The van der Waals surface area contributed by atoms with Crippen molar-refractivity contribution in [2.75, 3.05) is 0 Å². The molecular weight excluding hydrogens is 366 g/mol. The SMILES string of the molecule is Cc1ccc(C(OC(=O)C2CCCC2)c2ccc3c(nnn3C)c2C)cc1CO. The van der Waals surface area contributed by atoms with Gasteiger partial charge < -0.3 is 9.84 Å². The van der Waals surface area contributed by atoms with Gasteiger partial charge in [0.25, 0.3) is 0 Å². The molecular formula is C23H27N3O3. The summed E-state index contributed by atoms with van der Waals surface area (Å²) < 4.78 is 7.84. The Labute approximate surface area is 170 Å². The number of benzene rings is 2. The predicted octanol–water partition coefficient (Wildman–Crippen LogP) is 3.90. The fraction of sp³-hybridized carbons (Fsp3) is 0.435. The van der Waals surface area contributed by atoms with E-state index in [0.29, 0.717) is 0 Å². The molecule has 6 heteroatoms. The van der Waals surface area contributed by atoms with Gasteiger partial charge in [0.2, 0.25) is 0 Å². The lowest BCUT2D eigenvalue weighted by atomic mass is 9.93. The van der Waals surface area contributed by atoms with E-state index in [4.69, 9.17) is 4.74 Å². The van der Waals surface area contributed by atoms with E-state index in [2.05, 4.69) is 10.3 Å². The third-order valence-electron chi connectivity index (χ3n) is 6.13. The number of aromatic nitrogens is 3. The predicted molar refractivity (Wildman–Crippen MR) is 110 cm³/mol. The summed E-state index contributed by atoms with van der Waals surface area (Å²) in [7, 11) is 1.86. The maximum Gasteiger partial charge on any atom is 0.309 e. The minimum atomic E-state index is -0.541. The average molecular weight is 393 g/mol. The molecule has 6 nitrogen and oxygen atoms in total. The fourth-order valence-electron chi connectivity index (χ4n) is 4.24. The van der Waals surface area contributed by atoms with Crippen LogP contribution in [-0.4, -0.2) is 26.1 Å². The minimum absolute atomic E-state index is 0.0270. The van der Waals surface area contributed by atoms with Crippen molar-refractivity contribution in [2.24, 2.45) is 13.0 Å². The van der Waals surface area contributed by atoms with E-state index in [0.717, 1.165) is 64.5 Å². The van der Waals surface area contributed by atoms with Gasteiger partial charge in [-0.25, -0.2) is 4.68 Å². The molecule has 1 N–H and O–H groups in total. The Morgan fingerprint density at radius 1 is 1.24 bits per heavy atom. The molecule has 1 aromatic heterocycles. The molecule has 0 bridgehead atoms. The number of nitrogens with zero attached hydrogens (tertiary/aromatic N) is 3. The maximum absolute atomic E-state index is 12.9. The highest BCUT2D eigenvalue weighted by Gasteiger charge is 2.29. The second kappa shape index (κ2) is 7.95. The molecule has 1 aliphatic carbocycles. The summed E-state index contributed by atoms with van der Waals surface area (Å²) in [5, 5.41) is 18.1. The van der Waals surface area contributed by atoms with Gasteiger partial charge in [0.15, 0.2) is 6.10 Å². The summed E-state index contributed by atoms with van der Waals surface area (Å²) in [6.07, 6.45) is 3.40. The molecule has 1 fully saturated rings. The number of carbonyl (C=O) groups is 1. The smallest absolute Gasteiger partial charge is 0.309 e. The van der Waals surface area contributed by atoms with Crippen molar-refractivity contribution in [1.82, 2.24) is 15.0 Å². The second-order valence-corrected chi connectivity index (χ2v) is 8.00. The first-order chi connectivity index (χ1) is 14.0. The average Bonchev–Trinajstić information content (AvgIpc) is 3.38. The highest BCUT2D eigenvalue weighted by Crippen LogP contribution is 2.35. The number of aryl methyl sites for hydroxylation is 3. The largest absolute Gasteiger partial charge is 0.452 e. The third kappa shape index (κ3) is 3.65. The van der Waals surface area contributed by atoms with Crippen LogP contribution in [-0.2, 0) is 23.2 Å². The second-order valence-electron chi connectivity index (χ2n) is 8.00. The van der Waals surface area contributed by atoms with Crippen molar-refractivity contribution in [3.05, 3.63) is 58.1 Å². The summed E-state index contributed by atoms with van der Waals surface area (Å²) in [6.45, 7) is 3.90. The van der Waals surface area contributed by atoms with E-state index in [9.17, 15) is 9.90 Å². The highest BCUT2D eigenvalue weighted by atomic mass is 16.5. The van der Waals surface area contributed by atoms with Gasteiger partial charge in [-0.1, -0.05) is 36.3 Å². The lowest BCUT2D eigenvalue weighted by Crippen LogP contribution is -2.20. The number of hydrogen-bond donors (Lipinski definition) is 1. The molecule has 0 amide bonds. The molecule has 3 aromatic rings. The van der Waals surface area contributed by atoms with Crippen LogP contribution in [0.2, 0.25) is 0 Å². The lowest BCUT2D eigenvalue weighted by Gasteiger charge is -2.23. The van der Waals surface area contributed by atoms with Gasteiger partial charge in [-0.15, -0.1) is 5.10 Å². The van der Waals surface area contributed by atoms with Crippen molar-refractivity contribution < 1.29 is 14.6 Å². The molecule has 0 spiro atoms. The number of ether oxygens (including phenoxy) is 1. The summed E-state index contributed by atoms with van der Waals surface area (Å²) in [6, 6.07) is 9.83. The van der Waals surface area contributed by atoms with Crippen LogP contribution in [0.4, 0.5) is 0 Å². The standard InChI is InChI=1S/C23H27N3O3/c1-14-8-9-17(12-18(14)13-27)22(29-23(28)16-6-4-5-7-16)19-10-11-20-21(15(19)2)24-25-26(20)3/h8-12,16,22,27H,4-7,13H2,1-3H3. The summed E-state index contributed by atoms with van der Waals surface area (Å²) in [4.78, 5) is 12.9. The number of carbonyl (C=O) groups excluding carboxylic acids is 1. The molecule has 1 saturated carbocycles. The number of fused-ring (bicyclic) bond motifs is 1. The van der Waals surface area contributed by atoms with Gasteiger partial charge in [0.05, 0.1) is 18.0 Å². The fourth-order valence-corrected chi connectivity index (χ4v) is 4.24. The number of esters is 1. The normalized spacial score (nSPS) is 15.7. The van der Waals surface area contributed by atoms with Gasteiger partial charge >= 0.3 is 5.97 Å². The van der Waals surface area contributed by atoms with Crippen molar-refractivity contribution in [3.63, 3.8) is 0 Å². The van der Waals surface area contributed by atoms with E-state index < -0.39 is 6.10 Å². The van der Waals surface area contributed by atoms with Gasteiger partial charge in [0, 0.05) is 12.6 Å². The zero-order valence-corrected chi connectivity index (χ0v) is 17.2. The first-order valence-corrected chi connectivity index (χ1v) is 10.2. The van der Waals surface area contributed by atoms with Crippen LogP contribution in [0.25, 0.3) is 11.0 Å². The maximum atomic E-state index is 12.9. The number of hydrogen-bond acceptors (Lipinski definition) is 5. The molecule has 152 valence electrons. The Morgan fingerprint density at radius 3 is 2.72 bits per heavy atom.